The largest absolute Gasteiger partial charge is 0.300 e. The summed E-state index contributed by atoms with van der Waals surface area (Å²) in [6, 6.07) is 8.23. The quantitative estimate of drug-likeness (QED) is 0.774. The first-order valence-electron chi connectivity index (χ1n) is 4.44. The average molecular weight is 239 g/mol. The Kier molecular flexibility index (Phi) is 2.24. The van der Waals surface area contributed by atoms with Crippen molar-refractivity contribution in [1.82, 2.24) is 0 Å². The number of carbonyl (C=O) groups excluding carboxylic acids is 1. The molecule has 2 heteroatoms. The van der Waals surface area contributed by atoms with E-state index in [0.29, 0.717) is 11.7 Å². The van der Waals surface area contributed by atoms with Crippen LogP contribution in [0.1, 0.15) is 24.8 Å². The van der Waals surface area contributed by atoms with Crippen LogP contribution in [0.4, 0.5) is 0 Å². The average Bonchev–Trinajstić information content (AvgIpc) is 2.82. The Hall–Kier alpha value is -0.630. The van der Waals surface area contributed by atoms with Crippen molar-refractivity contribution in [2.24, 2.45) is 5.92 Å². The lowest BCUT2D eigenvalue weighted by atomic mass is 10.1. The van der Waals surface area contributed by atoms with Crippen LogP contribution < -0.4 is 0 Å². The summed E-state index contributed by atoms with van der Waals surface area (Å²) in [6.07, 6.45) is 1.03. The SMILES string of the molecule is CC(=O)C1CC1c1cccc(Br)c1. The number of rotatable bonds is 2. The standard InChI is InChI=1S/C11H11BrO/c1-7(13)10-6-11(10)8-3-2-4-9(12)5-8/h2-5,10-11H,6H2,1H3. The smallest absolute Gasteiger partial charge is 0.133 e. The molecule has 0 radical (unpaired) electrons. The van der Waals surface area contributed by atoms with Crippen LogP contribution in [0.25, 0.3) is 0 Å². The minimum Gasteiger partial charge on any atom is -0.300 e. The van der Waals surface area contributed by atoms with Crippen molar-refractivity contribution in [3.63, 3.8) is 0 Å². The lowest BCUT2D eigenvalue weighted by molar-refractivity contribution is -0.118. The predicted molar refractivity (Wildman–Crippen MR) is 55.7 cm³/mol. The van der Waals surface area contributed by atoms with E-state index in [4.69, 9.17) is 0 Å². The van der Waals surface area contributed by atoms with Crippen LogP contribution >= 0.6 is 15.9 Å². The van der Waals surface area contributed by atoms with Crippen LogP contribution in [0.5, 0.6) is 0 Å². The van der Waals surface area contributed by atoms with Gasteiger partial charge in [-0.2, -0.15) is 0 Å². The van der Waals surface area contributed by atoms with Crippen molar-refractivity contribution in [1.29, 1.82) is 0 Å². The first-order chi connectivity index (χ1) is 6.18. The van der Waals surface area contributed by atoms with E-state index in [1.807, 2.05) is 12.1 Å². The van der Waals surface area contributed by atoms with E-state index in [1.165, 1.54) is 5.56 Å². The van der Waals surface area contributed by atoms with Crippen LogP contribution in [0.2, 0.25) is 0 Å². The number of carbonyl (C=O) groups is 1. The molecule has 0 saturated heterocycles. The van der Waals surface area contributed by atoms with E-state index in [-0.39, 0.29) is 5.92 Å². The van der Waals surface area contributed by atoms with E-state index < -0.39 is 0 Å². The minimum absolute atomic E-state index is 0.286. The molecule has 2 rings (SSSR count). The topological polar surface area (TPSA) is 17.1 Å². The number of benzene rings is 1. The molecular weight excluding hydrogens is 228 g/mol. The van der Waals surface area contributed by atoms with Gasteiger partial charge in [-0.3, -0.25) is 4.79 Å². The molecule has 1 fully saturated rings. The monoisotopic (exact) mass is 238 g/mol. The van der Waals surface area contributed by atoms with Crippen LogP contribution in [-0.2, 0) is 4.79 Å². The number of hydrogen-bond acceptors (Lipinski definition) is 1. The van der Waals surface area contributed by atoms with Crippen molar-refractivity contribution in [3.8, 4) is 0 Å². The van der Waals surface area contributed by atoms with Crippen LogP contribution in [0.3, 0.4) is 0 Å². The Morgan fingerprint density at radius 2 is 2.31 bits per heavy atom. The van der Waals surface area contributed by atoms with Gasteiger partial charge >= 0.3 is 0 Å². The molecule has 0 N–H and O–H groups in total. The second kappa shape index (κ2) is 3.26. The summed E-state index contributed by atoms with van der Waals surface area (Å²) in [5.74, 6) is 1.09. The second-order valence-corrected chi connectivity index (χ2v) is 4.53. The predicted octanol–water partition coefficient (Wildman–Crippen LogP) is 3.14. The molecule has 2 unspecified atom stereocenters. The van der Waals surface area contributed by atoms with Gasteiger partial charge in [0, 0.05) is 10.4 Å². The van der Waals surface area contributed by atoms with E-state index in [1.54, 1.807) is 6.92 Å². The number of ketones is 1. The molecule has 1 saturated carbocycles. The lowest BCUT2D eigenvalue weighted by Gasteiger charge is -1.98. The van der Waals surface area contributed by atoms with E-state index >= 15 is 0 Å². The number of Topliss-reactive ketones (excluding diaryl/α,β-unsaturated/α-hetero) is 1. The molecule has 1 aromatic carbocycles. The third-order valence-electron chi connectivity index (χ3n) is 2.59. The molecule has 0 bridgehead atoms. The fraction of sp³-hybridized carbons (Fsp3) is 0.364. The zero-order chi connectivity index (χ0) is 9.42. The van der Waals surface area contributed by atoms with Gasteiger partial charge in [0.15, 0.2) is 0 Å². The third kappa shape index (κ3) is 1.83. The van der Waals surface area contributed by atoms with Crippen LogP contribution in [0, 0.1) is 5.92 Å². The maximum absolute atomic E-state index is 11.1. The van der Waals surface area contributed by atoms with Gasteiger partial charge in [0.1, 0.15) is 5.78 Å². The van der Waals surface area contributed by atoms with Gasteiger partial charge in [-0.05, 0) is 37.0 Å². The highest BCUT2D eigenvalue weighted by Gasteiger charge is 2.41. The summed E-state index contributed by atoms with van der Waals surface area (Å²) in [5, 5.41) is 0. The van der Waals surface area contributed by atoms with Crippen LogP contribution in [-0.4, -0.2) is 5.78 Å². The zero-order valence-electron chi connectivity index (χ0n) is 7.46. The summed E-state index contributed by atoms with van der Waals surface area (Å²) < 4.78 is 1.10. The molecule has 0 amide bonds. The minimum atomic E-state index is 0.286. The maximum Gasteiger partial charge on any atom is 0.133 e. The lowest BCUT2D eigenvalue weighted by Crippen LogP contribution is -1.94. The number of halogens is 1. The van der Waals surface area contributed by atoms with Gasteiger partial charge < -0.3 is 0 Å². The molecule has 68 valence electrons. The Morgan fingerprint density at radius 3 is 2.85 bits per heavy atom. The van der Waals surface area contributed by atoms with E-state index in [2.05, 4.69) is 28.1 Å². The Labute approximate surface area is 86.3 Å². The van der Waals surface area contributed by atoms with E-state index in [9.17, 15) is 4.79 Å². The van der Waals surface area contributed by atoms with Gasteiger partial charge in [0.05, 0.1) is 0 Å². The highest BCUT2D eigenvalue weighted by molar-refractivity contribution is 9.10. The summed E-state index contributed by atoms with van der Waals surface area (Å²) >= 11 is 3.43. The molecule has 13 heavy (non-hydrogen) atoms. The van der Waals surface area contributed by atoms with Gasteiger partial charge in [-0.1, -0.05) is 28.1 Å². The van der Waals surface area contributed by atoms with Gasteiger partial charge in [0.25, 0.3) is 0 Å². The van der Waals surface area contributed by atoms with Gasteiger partial charge in [-0.25, -0.2) is 0 Å². The van der Waals surface area contributed by atoms with Crippen molar-refractivity contribution in [2.45, 2.75) is 19.3 Å². The van der Waals surface area contributed by atoms with Crippen molar-refractivity contribution in [2.75, 3.05) is 0 Å². The molecular formula is C11H11BrO. The van der Waals surface area contributed by atoms with Crippen molar-refractivity contribution >= 4 is 21.7 Å². The third-order valence-corrected chi connectivity index (χ3v) is 3.08. The molecule has 0 aromatic heterocycles. The highest BCUT2D eigenvalue weighted by Crippen LogP contribution is 2.48. The molecule has 0 heterocycles. The van der Waals surface area contributed by atoms with Gasteiger partial charge in [-0.15, -0.1) is 0 Å². The summed E-state index contributed by atoms with van der Waals surface area (Å²) in [6.45, 7) is 1.68. The molecule has 1 nitrogen and oxygen atoms in total. The molecule has 1 aromatic rings. The van der Waals surface area contributed by atoms with Crippen LogP contribution in [0.15, 0.2) is 28.7 Å². The fourth-order valence-corrected chi connectivity index (χ4v) is 2.17. The number of hydrogen-bond donors (Lipinski definition) is 0. The molecule has 2 atom stereocenters. The summed E-state index contributed by atoms with van der Waals surface area (Å²) in [5.41, 5.74) is 1.29. The Bertz CT molecular complexity index is 346. The van der Waals surface area contributed by atoms with Crippen molar-refractivity contribution < 1.29 is 4.79 Å². The highest BCUT2D eigenvalue weighted by atomic mass is 79.9. The first-order valence-corrected chi connectivity index (χ1v) is 5.23. The maximum atomic E-state index is 11.1. The Balaban J connectivity index is 2.16. The molecule has 0 aliphatic heterocycles. The second-order valence-electron chi connectivity index (χ2n) is 3.61. The zero-order valence-corrected chi connectivity index (χ0v) is 9.04. The fourth-order valence-electron chi connectivity index (χ4n) is 1.75. The van der Waals surface area contributed by atoms with Crippen molar-refractivity contribution in [3.05, 3.63) is 34.3 Å². The van der Waals surface area contributed by atoms with Gasteiger partial charge in [0.2, 0.25) is 0 Å². The first kappa shape index (κ1) is 8.95. The summed E-state index contributed by atoms with van der Waals surface area (Å²) in [4.78, 5) is 11.1. The molecule has 1 aliphatic carbocycles. The normalized spacial score (nSPS) is 25.7. The molecule has 1 aliphatic rings. The Morgan fingerprint density at radius 1 is 1.54 bits per heavy atom. The van der Waals surface area contributed by atoms with E-state index in [0.717, 1.165) is 10.9 Å². The summed E-state index contributed by atoms with van der Waals surface area (Å²) in [7, 11) is 0. The molecule has 0 spiro atoms.